The molecule has 2 heteroatoms. The molecule has 0 radical (unpaired) electrons. The van der Waals surface area contributed by atoms with Crippen LogP contribution >= 0.6 is 0 Å². The Balaban J connectivity index is 3.36. The summed E-state index contributed by atoms with van der Waals surface area (Å²) in [6, 6.07) is 0. The number of hydrogen-bond donors (Lipinski definition) is 0. The van der Waals surface area contributed by atoms with E-state index in [1.807, 2.05) is 0 Å². The van der Waals surface area contributed by atoms with Crippen LogP contribution in [0.3, 0.4) is 0 Å². The van der Waals surface area contributed by atoms with Gasteiger partial charge in [-0.15, -0.1) is 0 Å². The summed E-state index contributed by atoms with van der Waals surface area (Å²) >= 11 is 0. The number of carbonyl (C=O) groups is 1. The number of rotatable bonds is 6. The first-order valence-corrected chi connectivity index (χ1v) is 4.21. The van der Waals surface area contributed by atoms with Crippen LogP contribution in [-0.2, 0) is 9.53 Å². The first-order chi connectivity index (χ1) is 5.20. The average Bonchev–Trinajstić information content (AvgIpc) is 2.00. The highest BCUT2D eigenvalue weighted by Gasteiger charge is 2.06. The maximum absolute atomic E-state index is 11.1. The van der Waals surface area contributed by atoms with Crippen molar-refractivity contribution in [2.75, 3.05) is 13.7 Å². The van der Waals surface area contributed by atoms with Crippen molar-refractivity contribution in [3.8, 4) is 0 Å². The van der Waals surface area contributed by atoms with E-state index in [0.29, 0.717) is 31.1 Å². The second-order valence-electron chi connectivity index (χ2n) is 3.00. The van der Waals surface area contributed by atoms with Crippen LogP contribution in [0.15, 0.2) is 0 Å². The molecule has 0 saturated heterocycles. The molecule has 2 nitrogen and oxygen atoms in total. The van der Waals surface area contributed by atoms with Gasteiger partial charge in [-0.3, -0.25) is 4.79 Å². The van der Waals surface area contributed by atoms with Gasteiger partial charge in [0, 0.05) is 20.0 Å². The summed E-state index contributed by atoms with van der Waals surface area (Å²) in [5.41, 5.74) is 0. The zero-order chi connectivity index (χ0) is 8.69. The van der Waals surface area contributed by atoms with Gasteiger partial charge in [-0.25, -0.2) is 0 Å². The third-order valence-corrected chi connectivity index (χ3v) is 1.86. The highest BCUT2D eigenvalue weighted by molar-refractivity contribution is 5.78. The topological polar surface area (TPSA) is 26.3 Å². The molecule has 0 spiro atoms. The Morgan fingerprint density at radius 2 is 2.18 bits per heavy atom. The molecule has 0 amide bonds. The Labute approximate surface area is 68.9 Å². The minimum Gasteiger partial charge on any atom is -0.384 e. The maximum Gasteiger partial charge on any atom is 0.135 e. The molecule has 0 rings (SSSR count). The minimum atomic E-state index is 0.321. The molecule has 0 aromatic carbocycles. The van der Waals surface area contributed by atoms with Crippen LogP contribution in [-0.4, -0.2) is 19.5 Å². The van der Waals surface area contributed by atoms with Crippen molar-refractivity contribution in [2.24, 2.45) is 5.92 Å². The Bertz CT molecular complexity index is 110. The largest absolute Gasteiger partial charge is 0.384 e. The van der Waals surface area contributed by atoms with Crippen LogP contribution in [0.1, 0.15) is 33.1 Å². The van der Waals surface area contributed by atoms with Crippen LogP contribution in [0, 0.1) is 5.92 Å². The van der Waals surface area contributed by atoms with Gasteiger partial charge in [0.25, 0.3) is 0 Å². The average molecular weight is 158 g/mol. The zero-order valence-corrected chi connectivity index (χ0v) is 7.72. The van der Waals surface area contributed by atoms with E-state index in [2.05, 4.69) is 13.8 Å². The van der Waals surface area contributed by atoms with E-state index in [9.17, 15) is 4.79 Å². The molecule has 0 aromatic rings. The van der Waals surface area contributed by atoms with Crippen LogP contribution in [0.5, 0.6) is 0 Å². The molecule has 1 unspecified atom stereocenters. The molecular formula is C9H18O2. The lowest BCUT2D eigenvalue weighted by Gasteiger charge is -2.05. The number of carbonyl (C=O) groups excluding carboxylic acids is 1. The molecule has 0 bridgehead atoms. The van der Waals surface area contributed by atoms with Crippen molar-refractivity contribution in [3.63, 3.8) is 0 Å². The van der Waals surface area contributed by atoms with Gasteiger partial charge in [0.2, 0.25) is 0 Å². The molecule has 0 N–H and O–H groups in total. The molecule has 0 aliphatic carbocycles. The van der Waals surface area contributed by atoms with E-state index in [1.54, 1.807) is 7.11 Å². The van der Waals surface area contributed by atoms with Crippen LogP contribution in [0.4, 0.5) is 0 Å². The number of hydrogen-bond acceptors (Lipinski definition) is 2. The van der Waals surface area contributed by atoms with Crippen LogP contribution in [0.25, 0.3) is 0 Å². The van der Waals surface area contributed by atoms with Gasteiger partial charge in [0.1, 0.15) is 5.78 Å². The molecule has 0 saturated carbocycles. The van der Waals surface area contributed by atoms with Crippen molar-refractivity contribution in [1.82, 2.24) is 0 Å². The van der Waals surface area contributed by atoms with E-state index < -0.39 is 0 Å². The van der Waals surface area contributed by atoms with Gasteiger partial charge in [-0.2, -0.15) is 0 Å². The summed E-state index contributed by atoms with van der Waals surface area (Å²) in [5.74, 6) is 0.848. The molecule has 0 aliphatic rings. The molecule has 11 heavy (non-hydrogen) atoms. The lowest BCUT2D eigenvalue weighted by molar-refractivity contribution is -0.120. The first-order valence-electron chi connectivity index (χ1n) is 4.21. The van der Waals surface area contributed by atoms with Gasteiger partial charge in [0.05, 0.1) is 6.61 Å². The Hall–Kier alpha value is -0.370. The lowest BCUT2D eigenvalue weighted by atomic mass is 10.0. The third kappa shape index (κ3) is 6.05. The Kier molecular flexibility index (Phi) is 6.13. The fraction of sp³-hybridized carbons (Fsp3) is 0.889. The van der Waals surface area contributed by atoms with Gasteiger partial charge < -0.3 is 4.74 Å². The van der Waals surface area contributed by atoms with Gasteiger partial charge >= 0.3 is 0 Å². The molecule has 0 heterocycles. The zero-order valence-electron chi connectivity index (χ0n) is 7.72. The SMILES string of the molecule is CCC(C)CC(=O)CCOC. The molecular weight excluding hydrogens is 140 g/mol. The van der Waals surface area contributed by atoms with Crippen molar-refractivity contribution in [1.29, 1.82) is 0 Å². The van der Waals surface area contributed by atoms with Crippen molar-refractivity contribution in [3.05, 3.63) is 0 Å². The van der Waals surface area contributed by atoms with Crippen molar-refractivity contribution >= 4 is 5.78 Å². The number of ether oxygens (including phenoxy) is 1. The van der Waals surface area contributed by atoms with Crippen molar-refractivity contribution in [2.45, 2.75) is 33.1 Å². The molecule has 0 aromatic heterocycles. The summed E-state index contributed by atoms with van der Waals surface area (Å²) in [6.45, 7) is 4.77. The fourth-order valence-corrected chi connectivity index (χ4v) is 0.851. The quantitative estimate of drug-likeness (QED) is 0.591. The van der Waals surface area contributed by atoms with E-state index >= 15 is 0 Å². The van der Waals surface area contributed by atoms with Gasteiger partial charge in [-0.1, -0.05) is 20.3 Å². The standard InChI is InChI=1S/C9H18O2/c1-4-8(2)7-9(10)5-6-11-3/h8H,4-7H2,1-3H3. The first kappa shape index (κ1) is 10.6. The molecule has 1 atom stereocenters. The van der Waals surface area contributed by atoms with Crippen molar-refractivity contribution < 1.29 is 9.53 Å². The van der Waals surface area contributed by atoms with Gasteiger partial charge in [-0.05, 0) is 5.92 Å². The lowest BCUT2D eigenvalue weighted by Crippen LogP contribution is -2.07. The smallest absolute Gasteiger partial charge is 0.135 e. The summed E-state index contributed by atoms with van der Waals surface area (Å²) in [7, 11) is 1.62. The summed E-state index contributed by atoms with van der Waals surface area (Å²) in [6.07, 6.45) is 2.36. The summed E-state index contributed by atoms with van der Waals surface area (Å²) in [4.78, 5) is 11.1. The Morgan fingerprint density at radius 1 is 1.55 bits per heavy atom. The fourth-order valence-electron chi connectivity index (χ4n) is 0.851. The van der Waals surface area contributed by atoms with E-state index in [1.165, 1.54) is 0 Å². The normalized spacial score (nSPS) is 13.0. The van der Waals surface area contributed by atoms with Gasteiger partial charge in [0.15, 0.2) is 0 Å². The molecule has 0 fully saturated rings. The molecule has 0 aliphatic heterocycles. The van der Waals surface area contributed by atoms with E-state index in [0.717, 1.165) is 6.42 Å². The number of methoxy groups -OCH3 is 1. The van der Waals surface area contributed by atoms with Crippen LogP contribution < -0.4 is 0 Å². The predicted octanol–water partition coefficient (Wildman–Crippen LogP) is 2.03. The Morgan fingerprint density at radius 3 is 2.64 bits per heavy atom. The predicted molar refractivity (Wildman–Crippen MR) is 45.6 cm³/mol. The summed E-state index contributed by atoms with van der Waals surface area (Å²) < 4.78 is 4.81. The summed E-state index contributed by atoms with van der Waals surface area (Å²) in [5, 5.41) is 0. The van der Waals surface area contributed by atoms with E-state index in [-0.39, 0.29) is 0 Å². The second kappa shape index (κ2) is 6.35. The number of Topliss-reactive ketones (excluding diaryl/α,β-unsaturated/α-hetero) is 1. The maximum atomic E-state index is 11.1. The monoisotopic (exact) mass is 158 g/mol. The highest BCUT2D eigenvalue weighted by Crippen LogP contribution is 2.07. The second-order valence-corrected chi connectivity index (χ2v) is 3.00. The van der Waals surface area contributed by atoms with E-state index in [4.69, 9.17) is 4.74 Å². The third-order valence-electron chi connectivity index (χ3n) is 1.86. The minimum absolute atomic E-state index is 0.321. The van der Waals surface area contributed by atoms with Crippen LogP contribution in [0.2, 0.25) is 0 Å². The highest BCUT2D eigenvalue weighted by atomic mass is 16.5. The molecule has 66 valence electrons. The number of ketones is 1.